The van der Waals surface area contributed by atoms with Crippen molar-refractivity contribution >= 4 is 13.7 Å². The van der Waals surface area contributed by atoms with E-state index in [0.29, 0.717) is 17.4 Å². The van der Waals surface area contributed by atoms with E-state index >= 15 is 0 Å². The minimum atomic E-state index is -4.34. The van der Waals surface area contributed by atoms with Crippen molar-refractivity contribution in [2.75, 3.05) is 40.9 Å². The number of rotatable bonds is 58. The molecule has 3 N–H and O–H groups in total. The molecule has 0 aromatic carbocycles. The molecule has 3 atom stereocenters. The summed E-state index contributed by atoms with van der Waals surface area (Å²) in [7, 11) is 1.59. The molecule has 0 saturated carbocycles. The lowest BCUT2D eigenvalue weighted by Crippen LogP contribution is -2.45. The van der Waals surface area contributed by atoms with Gasteiger partial charge in [-0.1, -0.05) is 309 Å². The van der Waals surface area contributed by atoms with Gasteiger partial charge in [0.05, 0.1) is 39.9 Å². The molecule has 0 fully saturated rings. The summed E-state index contributed by atoms with van der Waals surface area (Å²) in [4.78, 5) is 23.2. The molecule has 0 aromatic rings. The zero-order chi connectivity index (χ0) is 51.3. The lowest BCUT2D eigenvalue weighted by molar-refractivity contribution is -0.870. The summed E-state index contributed by atoms with van der Waals surface area (Å²) in [5, 5.41) is 13.9. The molecule has 1 amide bonds. The first-order valence-electron chi connectivity index (χ1n) is 31.1. The molecule has 0 aliphatic carbocycles. The third-order valence-corrected chi connectivity index (χ3v) is 15.5. The van der Waals surface area contributed by atoms with E-state index in [-0.39, 0.29) is 19.1 Å². The fourth-order valence-electron chi connectivity index (χ4n) is 9.63. The molecule has 8 nitrogen and oxygen atoms in total. The van der Waals surface area contributed by atoms with Crippen molar-refractivity contribution in [1.82, 2.24) is 5.32 Å². The number of quaternary nitrogens is 1. The summed E-state index contributed by atoms with van der Waals surface area (Å²) in [6, 6.07) is -0.841. The second kappa shape index (κ2) is 53.1. The Bertz CT molecular complexity index is 1150. The zero-order valence-corrected chi connectivity index (χ0v) is 48.7. The molecule has 418 valence electrons. The van der Waals surface area contributed by atoms with Crippen LogP contribution in [-0.2, 0) is 18.4 Å². The molecule has 0 aromatic heterocycles. The number of allylic oxidation sites excluding steroid dienone is 1. The third kappa shape index (κ3) is 55.0. The maximum atomic E-state index is 13.0. The third-order valence-electron chi connectivity index (χ3n) is 14.5. The quantitative estimate of drug-likeness (QED) is 0.0243. The van der Waals surface area contributed by atoms with Crippen LogP contribution in [0.15, 0.2) is 12.2 Å². The van der Waals surface area contributed by atoms with Crippen LogP contribution in [0.3, 0.4) is 0 Å². The van der Waals surface area contributed by atoms with Gasteiger partial charge in [-0.15, -0.1) is 0 Å². The minimum Gasteiger partial charge on any atom is -0.387 e. The van der Waals surface area contributed by atoms with Crippen molar-refractivity contribution < 1.29 is 32.9 Å². The normalized spacial score (nSPS) is 13.9. The Morgan fingerprint density at radius 2 is 0.757 bits per heavy atom. The predicted molar refractivity (Wildman–Crippen MR) is 305 cm³/mol. The fraction of sp³-hybridized carbons (Fsp3) is 0.951. The van der Waals surface area contributed by atoms with E-state index in [0.717, 1.165) is 38.5 Å². The van der Waals surface area contributed by atoms with Crippen molar-refractivity contribution in [2.45, 2.75) is 334 Å². The van der Waals surface area contributed by atoms with Crippen LogP contribution in [0.4, 0.5) is 0 Å². The summed E-state index contributed by atoms with van der Waals surface area (Å²) in [5.41, 5.74) is 0. The van der Waals surface area contributed by atoms with Crippen LogP contribution in [0, 0.1) is 0 Å². The lowest BCUT2D eigenvalue weighted by atomic mass is 10.0. The standard InChI is InChI=1S/C61H123N2O6P/c1-6-8-10-12-14-16-18-20-21-22-23-24-25-26-27-28-29-30-31-32-33-34-35-36-37-38-39-40-41-42-43-45-47-49-51-53-55-61(65)62-59(58-69-70(66,67)68-57-56-63(3,4)5)60(64)54-52-50-48-46-44-19-17-15-13-11-9-7-2/h52,54,59-60,64H,6-51,53,55-58H2,1-5H3,(H-,62,65,66,67)/p+1/b54-52+. The number of unbranched alkanes of at least 4 members (excludes halogenated alkanes) is 45. The number of aliphatic hydroxyl groups excluding tert-OH is 1. The highest BCUT2D eigenvalue weighted by atomic mass is 31.2. The van der Waals surface area contributed by atoms with E-state index in [1.807, 2.05) is 27.2 Å². The van der Waals surface area contributed by atoms with E-state index in [2.05, 4.69) is 19.2 Å². The van der Waals surface area contributed by atoms with E-state index in [1.165, 1.54) is 263 Å². The Hall–Kier alpha value is -0.760. The molecule has 0 saturated heterocycles. The molecule has 0 aliphatic rings. The molecule has 0 bridgehead atoms. The fourth-order valence-corrected chi connectivity index (χ4v) is 10.4. The van der Waals surface area contributed by atoms with Gasteiger partial charge >= 0.3 is 7.82 Å². The van der Waals surface area contributed by atoms with Crippen LogP contribution in [0.25, 0.3) is 0 Å². The number of carbonyl (C=O) groups excluding carboxylic acids is 1. The SMILES string of the molecule is CCCCCCCCCCCC/C=C/C(O)C(COP(=O)(O)OCC[N+](C)(C)C)NC(=O)CCCCCCCCCCCCCCCCCCCCCCCCCCCCCCCCCCCCCC. The van der Waals surface area contributed by atoms with Crippen LogP contribution >= 0.6 is 7.82 Å². The minimum absolute atomic E-state index is 0.0649. The van der Waals surface area contributed by atoms with E-state index in [9.17, 15) is 19.4 Å². The number of nitrogens with one attached hydrogen (secondary N) is 1. The average molecular weight is 1010 g/mol. The summed E-state index contributed by atoms with van der Waals surface area (Å²) < 4.78 is 23.7. The van der Waals surface area contributed by atoms with Crippen molar-refractivity contribution in [3.63, 3.8) is 0 Å². The smallest absolute Gasteiger partial charge is 0.387 e. The molecule has 0 heterocycles. The number of carbonyl (C=O) groups is 1. The number of hydrogen-bond acceptors (Lipinski definition) is 5. The Kier molecular flexibility index (Phi) is 52.5. The molecular weight excluding hydrogens is 888 g/mol. The number of phosphoric ester groups is 1. The summed E-state index contributed by atoms with van der Waals surface area (Å²) >= 11 is 0. The highest BCUT2D eigenvalue weighted by Gasteiger charge is 2.27. The topological polar surface area (TPSA) is 105 Å². The van der Waals surface area contributed by atoms with Crippen LogP contribution < -0.4 is 5.32 Å². The van der Waals surface area contributed by atoms with Crippen molar-refractivity contribution in [2.24, 2.45) is 0 Å². The Labute approximate surface area is 437 Å². The maximum absolute atomic E-state index is 13.0. The summed E-state index contributed by atoms with van der Waals surface area (Å²) in [6.45, 7) is 4.85. The molecule has 0 rings (SSSR count). The van der Waals surface area contributed by atoms with Crippen LogP contribution in [0.2, 0.25) is 0 Å². The first-order valence-corrected chi connectivity index (χ1v) is 32.6. The number of amides is 1. The maximum Gasteiger partial charge on any atom is 0.472 e. The van der Waals surface area contributed by atoms with E-state index in [1.54, 1.807) is 6.08 Å². The highest BCUT2D eigenvalue weighted by Crippen LogP contribution is 2.43. The van der Waals surface area contributed by atoms with Gasteiger partial charge in [-0.2, -0.15) is 0 Å². The molecule has 70 heavy (non-hydrogen) atoms. The van der Waals surface area contributed by atoms with Gasteiger partial charge in [0, 0.05) is 6.42 Å². The van der Waals surface area contributed by atoms with Crippen LogP contribution in [0.5, 0.6) is 0 Å². The number of aliphatic hydroxyl groups is 1. The van der Waals surface area contributed by atoms with Crippen molar-refractivity contribution in [3.8, 4) is 0 Å². The first-order chi connectivity index (χ1) is 34.0. The Morgan fingerprint density at radius 1 is 0.471 bits per heavy atom. The van der Waals surface area contributed by atoms with E-state index < -0.39 is 20.0 Å². The predicted octanol–water partition coefficient (Wildman–Crippen LogP) is 19.0. The van der Waals surface area contributed by atoms with Crippen LogP contribution in [0.1, 0.15) is 322 Å². The lowest BCUT2D eigenvalue weighted by Gasteiger charge is -2.25. The highest BCUT2D eigenvalue weighted by molar-refractivity contribution is 7.47. The van der Waals surface area contributed by atoms with Gasteiger partial charge in [-0.3, -0.25) is 13.8 Å². The van der Waals surface area contributed by atoms with E-state index in [4.69, 9.17) is 9.05 Å². The molecular formula is C61H124N2O6P+. The van der Waals surface area contributed by atoms with Gasteiger partial charge in [0.1, 0.15) is 13.2 Å². The van der Waals surface area contributed by atoms with Gasteiger partial charge < -0.3 is 19.8 Å². The van der Waals surface area contributed by atoms with Gasteiger partial charge in [-0.05, 0) is 19.3 Å². The average Bonchev–Trinajstić information content (AvgIpc) is 3.32. The molecule has 0 radical (unpaired) electrons. The number of hydrogen-bond donors (Lipinski definition) is 3. The van der Waals surface area contributed by atoms with Crippen molar-refractivity contribution in [3.05, 3.63) is 12.2 Å². The Balaban J connectivity index is 3.86. The molecule has 0 aliphatic heterocycles. The largest absolute Gasteiger partial charge is 0.472 e. The van der Waals surface area contributed by atoms with Gasteiger partial charge in [0.15, 0.2) is 0 Å². The number of nitrogens with zero attached hydrogens (tertiary/aromatic N) is 1. The molecule has 9 heteroatoms. The zero-order valence-electron chi connectivity index (χ0n) is 47.8. The monoisotopic (exact) mass is 1010 g/mol. The number of phosphoric acid groups is 1. The van der Waals surface area contributed by atoms with Crippen molar-refractivity contribution in [1.29, 1.82) is 0 Å². The summed E-state index contributed by atoms with van der Waals surface area (Å²) in [6.07, 6.45) is 66.4. The second-order valence-electron chi connectivity index (χ2n) is 22.8. The van der Waals surface area contributed by atoms with Gasteiger partial charge in [0.25, 0.3) is 0 Å². The molecule has 0 spiro atoms. The van der Waals surface area contributed by atoms with Crippen LogP contribution in [-0.4, -0.2) is 73.4 Å². The molecule has 3 unspecified atom stereocenters. The van der Waals surface area contributed by atoms with Gasteiger partial charge in [0.2, 0.25) is 5.91 Å². The summed E-state index contributed by atoms with van der Waals surface area (Å²) in [5.74, 6) is -0.171. The van der Waals surface area contributed by atoms with Gasteiger partial charge in [-0.25, -0.2) is 4.57 Å². The number of likely N-dealkylation sites (N-methyl/N-ethyl adjacent to an activating group) is 1. The Morgan fingerprint density at radius 3 is 1.06 bits per heavy atom. The second-order valence-corrected chi connectivity index (χ2v) is 24.3. The first kappa shape index (κ1) is 69.2.